The second kappa shape index (κ2) is 5.68. The molecule has 1 unspecified atom stereocenters. The van der Waals surface area contributed by atoms with Crippen LogP contribution in [0.15, 0.2) is 36.4 Å². The number of carbonyl (C=O) groups is 2. The Morgan fingerprint density at radius 2 is 1.76 bits per heavy atom. The minimum Gasteiger partial charge on any atom is -0.334 e. The van der Waals surface area contributed by atoms with Crippen LogP contribution < -0.4 is 0 Å². The summed E-state index contributed by atoms with van der Waals surface area (Å²) in [7, 11) is 0. The molecule has 3 rings (SSSR count). The molecule has 1 amide bonds. The second-order valence-electron chi connectivity index (χ2n) is 5.67. The van der Waals surface area contributed by atoms with E-state index in [1.165, 1.54) is 21.9 Å². The molecule has 0 spiro atoms. The van der Waals surface area contributed by atoms with Gasteiger partial charge in [-0.1, -0.05) is 31.2 Å². The molecule has 3 nitrogen and oxygen atoms in total. The fraction of sp³-hybridized carbons (Fsp3) is 0.333. The van der Waals surface area contributed by atoms with E-state index >= 15 is 0 Å². The topological polar surface area (TPSA) is 37.4 Å². The second-order valence-corrected chi connectivity index (χ2v) is 5.67. The Morgan fingerprint density at radius 3 is 2.24 bits per heavy atom. The standard InChI is InChI=1S/C18H19NO2/c1-2-13(7-8-20)18(21)19-11-16-9-14-5-3-4-6-15(14)10-17(16)12-19/h3-6,8-10,13H,2,7,11-12H2,1H3. The van der Waals surface area contributed by atoms with E-state index in [0.29, 0.717) is 25.9 Å². The van der Waals surface area contributed by atoms with Crippen LogP contribution in [-0.2, 0) is 22.7 Å². The quantitative estimate of drug-likeness (QED) is 0.806. The Balaban J connectivity index is 1.85. The SMILES string of the molecule is CCC(CC=O)C(=O)N1Cc2cc3ccccc3cc2C1. The average Bonchev–Trinajstić information content (AvgIpc) is 2.92. The summed E-state index contributed by atoms with van der Waals surface area (Å²) >= 11 is 0. The van der Waals surface area contributed by atoms with E-state index in [-0.39, 0.29) is 11.8 Å². The number of benzene rings is 2. The highest BCUT2D eigenvalue weighted by atomic mass is 16.2. The minimum atomic E-state index is -0.175. The number of carbonyl (C=O) groups excluding carboxylic acids is 2. The Hall–Kier alpha value is -2.16. The molecule has 0 bridgehead atoms. The minimum absolute atomic E-state index is 0.102. The lowest BCUT2D eigenvalue weighted by Crippen LogP contribution is -2.32. The first-order valence-electron chi connectivity index (χ1n) is 7.46. The van der Waals surface area contributed by atoms with Gasteiger partial charge in [-0.25, -0.2) is 0 Å². The van der Waals surface area contributed by atoms with Gasteiger partial charge in [-0.3, -0.25) is 4.79 Å². The van der Waals surface area contributed by atoms with Crippen molar-refractivity contribution in [3.05, 3.63) is 47.5 Å². The number of fused-ring (bicyclic) bond motifs is 2. The summed E-state index contributed by atoms with van der Waals surface area (Å²) in [6, 6.07) is 12.6. The first-order chi connectivity index (χ1) is 10.2. The molecule has 1 aliphatic heterocycles. The van der Waals surface area contributed by atoms with E-state index in [0.717, 1.165) is 6.29 Å². The van der Waals surface area contributed by atoms with Gasteiger partial charge in [0.15, 0.2) is 0 Å². The third kappa shape index (κ3) is 2.56. The van der Waals surface area contributed by atoms with Gasteiger partial charge in [-0.2, -0.15) is 0 Å². The normalized spacial score (nSPS) is 15.0. The van der Waals surface area contributed by atoms with Crippen molar-refractivity contribution in [2.75, 3.05) is 0 Å². The molecule has 0 saturated heterocycles. The molecule has 0 aliphatic carbocycles. The van der Waals surface area contributed by atoms with Crippen LogP contribution in [0.4, 0.5) is 0 Å². The van der Waals surface area contributed by atoms with Gasteiger partial charge in [0.05, 0.1) is 0 Å². The molecule has 3 heteroatoms. The summed E-state index contributed by atoms with van der Waals surface area (Å²) in [6.45, 7) is 3.28. The number of hydrogen-bond donors (Lipinski definition) is 0. The zero-order valence-corrected chi connectivity index (χ0v) is 12.2. The Bertz CT molecular complexity index is 648. The van der Waals surface area contributed by atoms with Crippen molar-refractivity contribution < 1.29 is 9.59 Å². The monoisotopic (exact) mass is 281 g/mol. The molecule has 2 aromatic carbocycles. The molecule has 0 fully saturated rings. The first-order valence-corrected chi connectivity index (χ1v) is 7.46. The highest BCUT2D eigenvalue weighted by Gasteiger charge is 2.28. The number of aldehydes is 1. The summed E-state index contributed by atoms with van der Waals surface area (Å²) in [5, 5.41) is 2.43. The van der Waals surface area contributed by atoms with Gasteiger partial charge in [-0.15, -0.1) is 0 Å². The van der Waals surface area contributed by atoms with Crippen LogP contribution in [0.1, 0.15) is 30.9 Å². The third-order valence-corrected chi connectivity index (χ3v) is 4.32. The van der Waals surface area contributed by atoms with Crippen LogP contribution in [0.5, 0.6) is 0 Å². The van der Waals surface area contributed by atoms with Gasteiger partial charge in [0.1, 0.15) is 6.29 Å². The van der Waals surface area contributed by atoms with E-state index in [9.17, 15) is 9.59 Å². The zero-order valence-electron chi connectivity index (χ0n) is 12.2. The van der Waals surface area contributed by atoms with Crippen molar-refractivity contribution >= 4 is 23.0 Å². The predicted molar refractivity (Wildman–Crippen MR) is 82.7 cm³/mol. The molecule has 1 heterocycles. The van der Waals surface area contributed by atoms with E-state index in [4.69, 9.17) is 0 Å². The number of nitrogens with zero attached hydrogens (tertiary/aromatic N) is 1. The van der Waals surface area contributed by atoms with E-state index in [1.807, 2.05) is 24.0 Å². The lowest BCUT2D eigenvalue weighted by atomic mass is 10.0. The largest absolute Gasteiger partial charge is 0.334 e. The van der Waals surface area contributed by atoms with E-state index in [2.05, 4.69) is 24.3 Å². The van der Waals surface area contributed by atoms with Crippen molar-refractivity contribution in [1.29, 1.82) is 0 Å². The molecule has 0 saturated carbocycles. The van der Waals surface area contributed by atoms with Crippen LogP contribution in [0.25, 0.3) is 10.8 Å². The maximum atomic E-state index is 12.5. The lowest BCUT2D eigenvalue weighted by Gasteiger charge is -2.20. The van der Waals surface area contributed by atoms with Crippen molar-refractivity contribution in [2.24, 2.45) is 5.92 Å². The van der Waals surface area contributed by atoms with Crippen molar-refractivity contribution in [2.45, 2.75) is 32.9 Å². The third-order valence-electron chi connectivity index (χ3n) is 4.32. The van der Waals surface area contributed by atoms with Gasteiger partial charge < -0.3 is 9.69 Å². The fourth-order valence-electron chi connectivity index (χ4n) is 3.07. The van der Waals surface area contributed by atoms with Crippen LogP contribution in [0.3, 0.4) is 0 Å². The Labute approximate surface area is 124 Å². The molecule has 2 aromatic rings. The van der Waals surface area contributed by atoms with Crippen molar-refractivity contribution in [3.8, 4) is 0 Å². The highest BCUT2D eigenvalue weighted by Crippen LogP contribution is 2.29. The smallest absolute Gasteiger partial charge is 0.226 e. The van der Waals surface area contributed by atoms with E-state index < -0.39 is 0 Å². The highest BCUT2D eigenvalue weighted by molar-refractivity contribution is 5.86. The van der Waals surface area contributed by atoms with E-state index in [1.54, 1.807) is 0 Å². The predicted octanol–water partition coefficient (Wildman–Crippen LogP) is 3.30. The molecule has 0 radical (unpaired) electrons. The maximum absolute atomic E-state index is 12.5. The molecule has 0 aromatic heterocycles. The van der Waals surface area contributed by atoms with Crippen molar-refractivity contribution in [3.63, 3.8) is 0 Å². The fourth-order valence-corrected chi connectivity index (χ4v) is 3.07. The van der Waals surface area contributed by atoms with Gasteiger partial charge in [-0.05, 0) is 40.5 Å². The van der Waals surface area contributed by atoms with Crippen molar-refractivity contribution in [1.82, 2.24) is 4.90 Å². The summed E-state index contributed by atoms with van der Waals surface area (Å²) in [6.07, 6.45) is 1.89. The molecule has 1 atom stereocenters. The number of amides is 1. The molecular formula is C18H19NO2. The first kappa shape index (κ1) is 13.8. The van der Waals surface area contributed by atoms with Gasteiger partial charge in [0.2, 0.25) is 5.91 Å². The Kier molecular flexibility index (Phi) is 3.74. The van der Waals surface area contributed by atoms with Crippen LogP contribution in [-0.4, -0.2) is 17.1 Å². The van der Waals surface area contributed by atoms with Crippen LogP contribution >= 0.6 is 0 Å². The molecular weight excluding hydrogens is 262 g/mol. The summed E-state index contributed by atoms with van der Waals surface area (Å²) in [5.74, 6) is -0.0731. The summed E-state index contributed by atoms with van der Waals surface area (Å²) in [4.78, 5) is 25.1. The summed E-state index contributed by atoms with van der Waals surface area (Å²) in [5.41, 5.74) is 2.45. The molecule has 1 aliphatic rings. The average molecular weight is 281 g/mol. The molecule has 108 valence electrons. The molecule has 0 N–H and O–H groups in total. The zero-order chi connectivity index (χ0) is 14.8. The summed E-state index contributed by atoms with van der Waals surface area (Å²) < 4.78 is 0. The van der Waals surface area contributed by atoms with Crippen LogP contribution in [0.2, 0.25) is 0 Å². The van der Waals surface area contributed by atoms with Gasteiger partial charge in [0.25, 0.3) is 0 Å². The molecule has 21 heavy (non-hydrogen) atoms. The lowest BCUT2D eigenvalue weighted by molar-refractivity contribution is -0.137. The number of hydrogen-bond acceptors (Lipinski definition) is 2. The number of rotatable bonds is 4. The maximum Gasteiger partial charge on any atom is 0.226 e. The van der Waals surface area contributed by atoms with Gasteiger partial charge >= 0.3 is 0 Å². The van der Waals surface area contributed by atoms with Gasteiger partial charge in [0, 0.05) is 25.4 Å². The Morgan fingerprint density at radius 1 is 1.19 bits per heavy atom. The van der Waals surface area contributed by atoms with Crippen LogP contribution in [0, 0.1) is 5.92 Å².